The van der Waals surface area contributed by atoms with Crippen molar-refractivity contribution in [2.24, 2.45) is 0 Å². The number of esters is 1. The smallest absolute Gasteiger partial charge is 0.337 e. The van der Waals surface area contributed by atoms with E-state index in [0.29, 0.717) is 22.4 Å². The minimum absolute atomic E-state index is 0.288. The van der Waals surface area contributed by atoms with Gasteiger partial charge in [-0.15, -0.1) is 0 Å². The van der Waals surface area contributed by atoms with Crippen LogP contribution >= 0.6 is 22.6 Å². The largest absolute Gasteiger partial charge is 0.465 e. The lowest BCUT2D eigenvalue weighted by Crippen LogP contribution is -2.25. The van der Waals surface area contributed by atoms with Gasteiger partial charge in [0.05, 0.1) is 45.6 Å². The van der Waals surface area contributed by atoms with Gasteiger partial charge in [0, 0.05) is 5.70 Å². The van der Waals surface area contributed by atoms with Crippen LogP contribution in [0.3, 0.4) is 0 Å². The van der Waals surface area contributed by atoms with Crippen LogP contribution in [-0.4, -0.2) is 17.0 Å². The molecule has 1 unspecified atom stereocenters. The molecule has 0 saturated heterocycles. The number of rotatable bonds is 2. The molecule has 1 atom stereocenters. The van der Waals surface area contributed by atoms with Gasteiger partial charge in [-0.3, -0.25) is 0 Å². The molecule has 0 saturated carbocycles. The third-order valence-corrected chi connectivity index (χ3v) is 4.57. The fourth-order valence-electron chi connectivity index (χ4n) is 2.15. The van der Waals surface area contributed by atoms with Gasteiger partial charge in [0.25, 0.3) is 0 Å². The molecule has 0 aliphatic carbocycles. The summed E-state index contributed by atoms with van der Waals surface area (Å²) < 4.78 is 4.38. The standard InChI is InChI=1S/C16H12IN3O2/c1-9-12(7-18)14(17)13(8-19)15(20-9)10-3-5-11(6-4-10)16(21)22-2/h3-6,14,20H,1-2H3. The van der Waals surface area contributed by atoms with E-state index in [2.05, 4.69) is 44.8 Å². The van der Waals surface area contributed by atoms with E-state index in [1.54, 1.807) is 31.2 Å². The summed E-state index contributed by atoms with van der Waals surface area (Å²) in [7, 11) is 1.33. The first-order valence-corrected chi connectivity index (χ1v) is 7.63. The SMILES string of the molecule is COC(=O)c1ccc(C2=C(C#N)C(I)C(C#N)=C(C)N2)cc1. The van der Waals surface area contributed by atoms with Crippen LogP contribution in [0, 0.1) is 22.7 Å². The van der Waals surface area contributed by atoms with Crippen molar-refractivity contribution in [2.75, 3.05) is 7.11 Å². The molecule has 22 heavy (non-hydrogen) atoms. The normalized spacial score (nSPS) is 17.4. The molecule has 0 fully saturated rings. The summed E-state index contributed by atoms with van der Waals surface area (Å²) in [5.74, 6) is -0.410. The molecule has 6 heteroatoms. The molecule has 1 aromatic rings. The number of nitrogens with zero attached hydrogens (tertiary/aromatic N) is 2. The highest BCUT2D eigenvalue weighted by molar-refractivity contribution is 14.1. The number of dihydropyridines is 1. The third-order valence-electron chi connectivity index (χ3n) is 3.33. The number of ether oxygens (including phenoxy) is 1. The Morgan fingerprint density at radius 2 is 1.82 bits per heavy atom. The number of nitriles is 2. The first-order valence-electron chi connectivity index (χ1n) is 6.38. The van der Waals surface area contributed by atoms with E-state index in [1.165, 1.54) is 7.11 Å². The Morgan fingerprint density at radius 3 is 2.32 bits per heavy atom. The van der Waals surface area contributed by atoms with E-state index in [9.17, 15) is 15.3 Å². The molecule has 0 aromatic heterocycles. The highest BCUT2D eigenvalue weighted by atomic mass is 127. The zero-order chi connectivity index (χ0) is 16.3. The van der Waals surface area contributed by atoms with Crippen LogP contribution in [-0.2, 0) is 4.74 Å². The van der Waals surface area contributed by atoms with Gasteiger partial charge in [-0.1, -0.05) is 34.7 Å². The van der Waals surface area contributed by atoms with E-state index in [-0.39, 0.29) is 3.92 Å². The minimum Gasteiger partial charge on any atom is -0.465 e. The summed E-state index contributed by atoms with van der Waals surface area (Å²) in [6.07, 6.45) is 0. The van der Waals surface area contributed by atoms with E-state index >= 15 is 0 Å². The van der Waals surface area contributed by atoms with Crippen molar-refractivity contribution in [3.8, 4) is 12.1 Å². The molecule has 0 spiro atoms. The number of nitrogens with one attached hydrogen (secondary N) is 1. The second-order valence-electron chi connectivity index (χ2n) is 4.61. The Morgan fingerprint density at radius 1 is 1.23 bits per heavy atom. The predicted octanol–water partition coefficient (Wildman–Crippen LogP) is 2.91. The van der Waals surface area contributed by atoms with Gasteiger partial charge >= 0.3 is 5.97 Å². The first kappa shape index (κ1) is 16.1. The van der Waals surface area contributed by atoms with Crippen LogP contribution in [0.15, 0.2) is 41.1 Å². The number of alkyl halides is 1. The molecule has 0 bridgehead atoms. The third kappa shape index (κ3) is 2.83. The van der Waals surface area contributed by atoms with Crippen molar-refractivity contribution in [2.45, 2.75) is 10.8 Å². The molecule has 110 valence electrons. The van der Waals surface area contributed by atoms with Crippen molar-refractivity contribution < 1.29 is 9.53 Å². The Balaban J connectivity index is 2.46. The summed E-state index contributed by atoms with van der Waals surface area (Å²) >= 11 is 2.09. The molecular weight excluding hydrogens is 393 g/mol. The van der Waals surface area contributed by atoms with Crippen molar-refractivity contribution in [3.63, 3.8) is 0 Å². The second-order valence-corrected chi connectivity index (χ2v) is 5.85. The lowest BCUT2D eigenvalue weighted by atomic mass is 9.95. The Labute approximate surface area is 142 Å². The number of hydrogen-bond acceptors (Lipinski definition) is 5. The molecule has 1 aliphatic heterocycles. The molecule has 0 radical (unpaired) electrons. The molecule has 1 heterocycles. The van der Waals surface area contributed by atoms with Gasteiger partial charge < -0.3 is 10.1 Å². The van der Waals surface area contributed by atoms with E-state index in [0.717, 1.165) is 11.3 Å². The lowest BCUT2D eigenvalue weighted by molar-refractivity contribution is 0.0600. The second kappa shape index (κ2) is 6.63. The Kier molecular flexibility index (Phi) is 4.84. The zero-order valence-corrected chi connectivity index (χ0v) is 14.1. The summed E-state index contributed by atoms with van der Waals surface area (Å²) in [5, 5.41) is 21.7. The molecule has 1 aromatic carbocycles. The number of carbonyl (C=O) groups is 1. The molecule has 2 rings (SSSR count). The topological polar surface area (TPSA) is 85.9 Å². The number of hydrogen-bond donors (Lipinski definition) is 1. The number of benzene rings is 1. The average molecular weight is 405 g/mol. The fraction of sp³-hybridized carbons (Fsp3) is 0.188. The number of methoxy groups -OCH3 is 1. The highest BCUT2D eigenvalue weighted by Gasteiger charge is 2.27. The maximum Gasteiger partial charge on any atom is 0.337 e. The predicted molar refractivity (Wildman–Crippen MR) is 89.6 cm³/mol. The molecule has 1 aliphatic rings. The van der Waals surface area contributed by atoms with Gasteiger partial charge in [0.2, 0.25) is 0 Å². The highest BCUT2D eigenvalue weighted by Crippen LogP contribution is 2.33. The van der Waals surface area contributed by atoms with Crippen molar-refractivity contribution in [3.05, 3.63) is 52.2 Å². The van der Waals surface area contributed by atoms with E-state index in [4.69, 9.17) is 0 Å². The molecule has 1 N–H and O–H groups in total. The van der Waals surface area contributed by atoms with Crippen LogP contribution in [0.2, 0.25) is 0 Å². The summed E-state index contributed by atoms with van der Waals surface area (Å²) in [5.41, 5.74) is 3.66. The fourth-order valence-corrected chi connectivity index (χ4v) is 3.21. The van der Waals surface area contributed by atoms with Gasteiger partial charge in [-0.25, -0.2) is 4.79 Å². The summed E-state index contributed by atoms with van der Waals surface area (Å²) in [4.78, 5) is 11.5. The first-order chi connectivity index (χ1) is 10.5. The number of allylic oxidation sites excluding steroid dienone is 3. The lowest BCUT2D eigenvalue weighted by Gasteiger charge is -2.24. The monoisotopic (exact) mass is 405 g/mol. The van der Waals surface area contributed by atoms with Crippen molar-refractivity contribution in [1.82, 2.24) is 5.32 Å². The zero-order valence-electron chi connectivity index (χ0n) is 12.0. The van der Waals surface area contributed by atoms with Gasteiger partial charge in [-0.2, -0.15) is 10.5 Å². The van der Waals surface area contributed by atoms with Gasteiger partial charge in [0.1, 0.15) is 0 Å². The van der Waals surface area contributed by atoms with Gasteiger partial charge in [-0.05, 0) is 24.6 Å². The van der Waals surface area contributed by atoms with Crippen LogP contribution in [0.25, 0.3) is 5.70 Å². The molecular formula is C16H12IN3O2. The number of carbonyl (C=O) groups excluding carboxylic acids is 1. The van der Waals surface area contributed by atoms with Crippen LogP contribution in [0.1, 0.15) is 22.8 Å². The van der Waals surface area contributed by atoms with E-state index < -0.39 is 5.97 Å². The Bertz CT molecular complexity index is 764. The maximum absolute atomic E-state index is 11.5. The van der Waals surface area contributed by atoms with Gasteiger partial charge in [0.15, 0.2) is 0 Å². The molecule has 0 amide bonds. The van der Waals surface area contributed by atoms with Crippen molar-refractivity contribution in [1.29, 1.82) is 10.5 Å². The summed E-state index contributed by atoms with van der Waals surface area (Å²) in [6, 6.07) is 11.1. The van der Waals surface area contributed by atoms with Crippen LogP contribution in [0.4, 0.5) is 0 Å². The average Bonchev–Trinajstić information content (AvgIpc) is 2.54. The number of halogens is 1. The van der Waals surface area contributed by atoms with Crippen LogP contribution < -0.4 is 5.32 Å². The van der Waals surface area contributed by atoms with Crippen LogP contribution in [0.5, 0.6) is 0 Å². The molecule has 5 nitrogen and oxygen atoms in total. The van der Waals surface area contributed by atoms with Crippen molar-refractivity contribution >= 4 is 34.3 Å². The quantitative estimate of drug-likeness (QED) is 0.465. The Hall–Kier alpha value is -2.32. The summed E-state index contributed by atoms with van der Waals surface area (Å²) in [6.45, 7) is 1.81. The maximum atomic E-state index is 11.5. The minimum atomic E-state index is -0.410. The van der Waals surface area contributed by atoms with E-state index in [1.807, 2.05) is 0 Å².